The van der Waals surface area contributed by atoms with Crippen LogP contribution in [0.15, 0.2) is 54.0 Å². The lowest BCUT2D eigenvalue weighted by atomic mass is 10.3. The molecule has 0 saturated heterocycles. The average Bonchev–Trinajstić information content (AvgIpc) is 3.09. The molecular weight excluding hydrogens is 270 g/mol. The van der Waals surface area contributed by atoms with Crippen LogP contribution >= 0.6 is 22.7 Å². The van der Waals surface area contributed by atoms with E-state index < -0.39 is 0 Å². The van der Waals surface area contributed by atoms with Crippen molar-refractivity contribution in [3.05, 3.63) is 64.6 Å². The van der Waals surface area contributed by atoms with Crippen molar-refractivity contribution in [3.63, 3.8) is 0 Å². The monoisotopic (exact) mass is 284 g/mol. The second-order valence-corrected chi connectivity index (χ2v) is 6.31. The molecule has 0 aliphatic carbocycles. The average molecular weight is 284 g/mol. The molecule has 1 nitrogen and oxygen atoms in total. The summed E-state index contributed by atoms with van der Waals surface area (Å²) in [7, 11) is 2.06. The van der Waals surface area contributed by atoms with Gasteiger partial charge in [-0.2, -0.15) is 0 Å². The zero-order chi connectivity index (χ0) is 13.1. The summed E-state index contributed by atoms with van der Waals surface area (Å²) in [4.78, 5) is 3.97. The Morgan fingerprint density at radius 2 is 1.89 bits per heavy atom. The van der Waals surface area contributed by atoms with E-state index in [0.717, 1.165) is 0 Å². The highest BCUT2D eigenvalue weighted by Gasteiger charge is 2.03. The van der Waals surface area contributed by atoms with Crippen LogP contribution in [-0.2, 0) is 7.05 Å². The molecule has 19 heavy (non-hydrogen) atoms. The topological polar surface area (TPSA) is 3.88 Å². The zero-order valence-electron chi connectivity index (χ0n) is 10.6. The molecule has 0 saturated carbocycles. The van der Waals surface area contributed by atoms with Crippen molar-refractivity contribution < 1.29 is 4.57 Å². The molecule has 3 heteroatoms. The first-order valence-corrected chi connectivity index (χ1v) is 7.79. The van der Waals surface area contributed by atoms with Crippen LogP contribution in [0.3, 0.4) is 0 Å². The highest BCUT2D eigenvalue weighted by molar-refractivity contribution is 7.21. The van der Waals surface area contributed by atoms with Crippen LogP contribution in [-0.4, -0.2) is 0 Å². The molecule has 0 aliphatic heterocycles. The fourth-order valence-corrected chi connectivity index (χ4v) is 3.62. The van der Waals surface area contributed by atoms with Crippen molar-refractivity contribution in [3.8, 4) is 9.75 Å². The van der Waals surface area contributed by atoms with Gasteiger partial charge in [0.05, 0.1) is 0 Å². The van der Waals surface area contributed by atoms with Crippen molar-refractivity contribution >= 4 is 34.8 Å². The number of aryl methyl sites for hydroxylation is 1. The van der Waals surface area contributed by atoms with Gasteiger partial charge in [0.25, 0.3) is 0 Å². The number of hydrogen-bond donors (Lipinski definition) is 0. The molecule has 3 rings (SSSR count). The van der Waals surface area contributed by atoms with Crippen molar-refractivity contribution in [1.82, 2.24) is 0 Å². The van der Waals surface area contributed by atoms with Crippen LogP contribution in [0.1, 0.15) is 10.6 Å². The van der Waals surface area contributed by atoms with Gasteiger partial charge in [0, 0.05) is 32.8 Å². The van der Waals surface area contributed by atoms with Gasteiger partial charge in [-0.15, -0.1) is 22.7 Å². The van der Waals surface area contributed by atoms with Gasteiger partial charge in [0.15, 0.2) is 6.20 Å². The standard InChI is InChI=1S/C16H14NS2/c1-17-11-3-2-5-13(17)7-8-14-9-10-16(19-14)15-6-4-12-18-15/h2-12H,1H3/q+1/b8-7+. The molecule has 0 atom stereocenters. The van der Waals surface area contributed by atoms with E-state index in [1.54, 1.807) is 11.3 Å². The summed E-state index contributed by atoms with van der Waals surface area (Å²) in [5, 5.41) is 2.12. The summed E-state index contributed by atoms with van der Waals surface area (Å²) in [5.74, 6) is 0. The smallest absolute Gasteiger partial charge is 0.202 e. The van der Waals surface area contributed by atoms with Crippen LogP contribution in [0.5, 0.6) is 0 Å². The maximum absolute atomic E-state index is 2.20. The highest BCUT2D eigenvalue weighted by Crippen LogP contribution is 2.32. The Kier molecular flexibility index (Phi) is 3.58. The van der Waals surface area contributed by atoms with Crippen LogP contribution in [0, 0.1) is 0 Å². The Labute approximate surface area is 121 Å². The van der Waals surface area contributed by atoms with Gasteiger partial charge in [-0.25, -0.2) is 4.57 Å². The van der Waals surface area contributed by atoms with E-state index in [0.29, 0.717) is 0 Å². The number of thiophene rings is 2. The van der Waals surface area contributed by atoms with Crippen molar-refractivity contribution in [1.29, 1.82) is 0 Å². The Morgan fingerprint density at radius 1 is 0.947 bits per heavy atom. The van der Waals surface area contributed by atoms with Crippen LogP contribution in [0.25, 0.3) is 21.9 Å². The summed E-state index contributed by atoms with van der Waals surface area (Å²) >= 11 is 3.62. The predicted molar refractivity (Wildman–Crippen MR) is 84.2 cm³/mol. The second kappa shape index (κ2) is 5.51. The summed E-state index contributed by atoms with van der Waals surface area (Å²) in [6.45, 7) is 0. The molecule has 0 unspecified atom stereocenters. The van der Waals surface area contributed by atoms with E-state index >= 15 is 0 Å². The van der Waals surface area contributed by atoms with Gasteiger partial charge in [-0.3, -0.25) is 0 Å². The summed E-state index contributed by atoms with van der Waals surface area (Å²) < 4.78 is 2.12. The number of nitrogens with zero attached hydrogens (tertiary/aromatic N) is 1. The third-order valence-corrected chi connectivity index (χ3v) is 5.02. The van der Waals surface area contributed by atoms with Crippen molar-refractivity contribution in [2.75, 3.05) is 0 Å². The third kappa shape index (κ3) is 2.83. The van der Waals surface area contributed by atoms with E-state index in [1.807, 2.05) is 17.4 Å². The largest absolute Gasteiger partial charge is 0.204 e. The maximum atomic E-state index is 2.20. The Balaban J connectivity index is 1.83. The first-order chi connectivity index (χ1) is 9.33. The van der Waals surface area contributed by atoms with E-state index in [9.17, 15) is 0 Å². The molecule has 0 bridgehead atoms. The molecule has 0 aromatic carbocycles. The molecular formula is C16H14NS2+. The van der Waals surface area contributed by atoms with Crippen LogP contribution in [0.4, 0.5) is 0 Å². The van der Waals surface area contributed by atoms with E-state index in [1.165, 1.54) is 20.3 Å². The quantitative estimate of drug-likeness (QED) is 0.625. The molecule has 3 heterocycles. The first-order valence-electron chi connectivity index (χ1n) is 6.09. The zero-order valence-corrected chi connectivity index (χ0v) is 12.2. The van der Waals surface area contributed by atoms with Gasteiger partial charge in [-0.05, 0) is 35.7 Å². The summed E-state index contributed by atoms with van der Waals surface area (Å²) in [5.41, 5.74) is 1.20. The fourth-order valence-electron chi connectivity index (χ4n) is 1.87. The summed E-state index contributed by atoms with van der Waals surface area (Å²) in [6, 6.07) is 14.9. The van der Waals surface area contributed by atoms with Gasteiger partial charge in [0.2, 0.25) is 5.69 Å². The van der Waals surface area contributed by atoms with Crippen LogP contribution in [0.2, 0.25) is 0 Å². The van der Waals surface area contributed by atoms with Crippen LogP contribution < -0.4 is 4.57 Å². The predicted octanol–water partition coefficient (Wildman–Crippen LogP) is 4.47. The number of hydrogen-bond acceptors (Lipinski definition) is 2. The number of rotatable bonds is 3. The molecule has 0 N–H and O–H groups in total. The number of pyridine rings is 1. The molecule has 3 aromatic heterocycles. The normalized spacial score (nSPS) is 11.2. The van der Waals surface area contributed by atoms with E-state index in [2.05, 4.69) is 71.7 Å². The minimum Gasteiger partial charge on any atom is -0.202 e. The molecule has 3 aromatic rings. The minimum atomic E-state index is 1.20. The molecule has 0 radical (unpaired) electrons. The van der Waals surface area contributed by atoms with Gasteiger partial charge < -0.3 is 0 Å². The van der Waals surface area contributed by atoms with Crippen molar-refractivity contribution in [2.45, 2.75) is 0 Å². The van der Waals surface area contributed by atoms with Gasteiger partial charge in [-0.1, -0.05) is 6.07 Å². The lowest BCUT2D eigenvalue weighted by Crippen LogP contribution is -2.30. The van der Waals surface area contributed by atoms with Crippen molar-refractivity contribution in [2.24, 2.45) is 7.05 Å². The maximum Gasteiger partial charge on any atom is 0.204 e. The fraction of sp³-hybridized carbons (Fsp3) is 0.0625. The SMILES string of the molecule is C[n+]1ccccc1/C=C/c1ccc(-c2cccs2)s1. The summed E-state index contributed by atoms with van der Waals surface area (Å²) in [6.07, 6.45) is 6.40. The van der Waals surface area contributed by atoms with Gasteiger partial charge in [0.1, 0.15) is 7.05 Å². The Bertz CT molecular complexity index is 693. The number of aromatic nitrogens is 1. The molecule has 0 fully saturated rings. The molecule has 0 amide bonds. The molecule has 0 spiro atoms. The lowest BCUT2D eigenvalue weighted by Gasteiger charge is -1.91. The molecule has 94 valence electrons. The minimum absolute atomic E-state index is 1.20. The Morgan fingerprint density at radius 3 is 2.68 bits per heavy atom. The first kappa shape index (κ1) is 12.3. The van der Waals surface area contributed by atoms with Gasteiger partial charge >= 0.3 is 0 Å². The van der Waals surface area contributed by atoms with E-state index in [4.69, 9.17) is 0 Å². The molecule has 0 aliphatic rings. The van der Waals surface area contributed by atoms with E-state index in [-0.39, 0.29) is 0 Å². The lowest BCUT2D eigenvalue weighted by molar-refractivity contribution is -0.673. The second-order valence-electron chi connectivity index (χ2n) is 4.25. The third-order valence-electron chi connectivity index (χ3n) is 2.90. The highest BCUT2D eigenvalue weighted by atomic mass is 32.1. The Hall–Kier alpha value is -1.71.